The molecule has 1 spiro atoms. The lowest BCUT2D eigenvalue weighted by Crippen LogP contribution is -2.37. The molecule has 2 saturated heterocycles. The number of aromatic nitrogens is 1. The van der Waals surface area contributed by atoms with Crippen molar-refractivity contribution in [3.05, 3.63) is 47.0 Å². The summed E-state index contributed by atoms with van der Waals surface area (Å²) in [6.45, 7) is 4.15. The van der Waals surface area contributed by atoms with E-state index in [0.29, 0.717) is 42.8 Å². The normalized spacial score (nSPS) is 23.2. The number of methoxy groups -OCH3 is 2. The number of sulfonamides is 1. The Hall–Kier alpha value is -3.77. The van der Waals surface area contributed by atoms with Crippen LogP contribution in [0.1, 0.15) is 47.2 Å². The lowest BCUT2D eigenvalue weighted by molar-refractivity contribution is 0.0750. The van der Waals surface area contributed by atoms with Crippen LogP contribution in [0.3, 0.4) is 0 Å². The Morgan fingerprint density at radius 1 is 1.07 bits per heavy atom. The Balaban J connectivity index is 1.12. The zero-order valence-corrected chi connectivity index (χ0v) is 26.1. The van der Waals surface area contributed by atoms with E-state index in [1.54, 1.807) is 0 Å². The highest BCUT2D eigenvalue weighted by Gasteiger charge is 2.51. The molecule has 4 fully saturated rings. The summed E-state index contributed by atoms with van der Waals surface area (Å²) in [7, 11) is 0.613. The second-order valence-electron chi connectivity index (χ2n) is 13.0. The summed E-state index contributed by atoms with van der Waals surface area (Å²) in [5.74, 6) is 1.13. The highest BCUT2D eigenvalue weighted by molar-refractivity contribution is 7.93. The van der Waals surface area contributed by atoms with Crippen LogP contribution in [-0.4, -0.2) is 89.3 Å². The summed E-state index contributed by atoms with van der Waals surface area (Å²) < 4.78 is 47.7. The van der Waals surface area contributed by atoms with Crippen LogP contribution < -0.4 is 19.1 Å². The molecule has 2 aliphatic heterocycles. The summed E-state index contributed by atoms with van der Waals surface area (Å²) in [5.41, 5.74) is 4.43. The molecule has 1 aromatic heterocycles. The minimum absolute atomic E-state index is 0.0250. The van der Waals surface area contributed by atoms with E-state index in [1.807, 2.05) is 4.90 Å². The molecule has 232 valence electrons. The molecule has 3 aliphatic carbocycles. The van der Waals surface area contributed by atoms with Crippen LogP contribution in [0.4, 0.5) is 11.5 Å². The van der Waals surface area contributed by atoms with Gasteiger partial charge in [-0.3, -0.25) is 9.52 Å². The zero-order chi connectivity index (χ0) is 30.4. The molecule has 3 heterocycles. The Morgan fingerprint density at radius 3 is 2.48 bits per heavy atom. The highest BCUT2D eigenvalue weighted by Crippen LogP contribution is 2.59. The number of anilines is 2. The average molecular weight is 620 g/mol. The van der Waals surface area contributed by atoms with E-state index >= 15 is 0 Å². The first-order valence-electron chi connectivity index (χ1n) is 15.4. The van der Waals surface area contributed by atoms with Crippen LogP contribution >= 0.6 is 0 Å². The molecule has 2 atom stereocenters. The second-order valence-corrected chi connectivity index (χ2v) is 14.6. The number of hydrogen-bond donors (Lipinski definition) is 1. The molecule has 2 aromatic carbocycles. The quantitative estimate of drug-likeness (QED) is 0.422. The molecule has 3 aromatic rings. The van der Waals surface area contributed by atoms with Gasteiger partial charge in [0.05, 0.1) is 14.2 Å². The summed E-state index contributed by atoms with van der Waals surface area (Å²) in [4.78, 5) is 19.9. The van der Waals surface area contributed by atoms with E-state index in [1.165, 1.54) is 38.3 Å². The minimum Gasteiger partial charge on any atom is -0.495 e. The van der Waals surface area contributed by atoms with E-state index in [9.17, 15) is 13.2 Å². The lowest BCUT2D eigenvalue weighted by Gasteiger charge is -2.34. The van der Waals surface area contributed by atoms with Gasteiger partial charge >= 0.3 is 0 Å². The monoisotopic (exact) mass is 619 g/mol. The molecule has 0 bridgehead atoms. The van der Waals surface area contributed by atoms with E-state index in [-0.39, 0.29) is 33.5 Å². The molecule has 0 unspecified atom stereocenters. The Morgan fingerprint density at radius 2 is 1.82 bits per heavy atom. The summed E-state index contributed by atoms with van der Waals surface area (Å²) in [6, 6.07) is 10.1. The molecule has 8 rings (SSSR count). The number of nitrogens with one attached hydrogen (secondary N) is 1. The molecule has 5 aliphatic rings. The minimum atomic E-state index is -4.26. The van der Waals surface area contributed by atoms with Crippen LogP contribution in [0.2, 0.25) is 0 Å². The number of hydrogen-bond acceptors (Lipinski definition) is 9. The van der Waals surface area contributed by atoms with Crippen molar-refractivity contribution in [2.45, 2.75) is 48.5 Å². The van der Waals surface area contributed by atoms with Gasteiger partial charge in [0.2, 0.25) is 0 Å². The number of carbonyl (C=O) groups is 1. The smallest absolute Gasteiger partial charge is 0.270 e. The summed E-state index contributed by atoms with van der Waals surface area (Å²) in [5, 5.41) is 4.23. The molecular weight excluding hydrogens is 582 g/mol. The summed E-state index contributed by atoms with van der Waals surface area (Å²) >= 11 is 0. The Kier molecular flexibility index (Phi) is 6.22. The molecule has 0 radical (unpaired) electrons. The van der Waals surface area contributed by atoms with Gasteiger partial charge in [0, 0.05) is 66.6 Å². The Labute approximate surface area is 257 Å². The maximum atomic E-state index is 14.0. The van der Waals surface area contributed by atoms with Crippen molar-refractivity contribution < 1.29 is 27.2 Å². The first-order valence-corrected chi connectivity index (χ1v) is 16.9. The first-order chi connectivity index (χ1) is 21.2. The third-order valence-corrected chi connectivity index (χ3v) is 11.7. The van der Waals surface area contributed by atoms with Crippen molar-refractivity contribution in [2.24, 2.45) is 5.92 Å². The van der Waals surface area contributed by atoms with Crippen LogP contribution in [0.5, 0.6) is 11.5 Å². The highest BCUT2D eigenvalue weighted by atomic mass is 32.2. The summed E-state index contributed by atoms with van der Waals surface area (Å²) in [6.07, 6.45) is 4.99. The van der Waals surface area contributed by atoms with Crippen molar-refractivity contribution in [2.75, 3.05) is 63.6 Å². The fourth-order valence-electron chi connectivity index (χ4n) is 7.35. The third-order valence-electron chi connectivity index (χ3n) is 10.3. The van der Waals surface area contributed by atoms with Crippen LogP contribution in [0.15, 0.2) is 39.8 Å². The zero-order valence-electron chi connectivity index (χ0n) is 25.3. The number of benzene rings is 2. The van der Waals surface area contributed by atoms with Gasteiger partial charge < -0.3 is 28.7 Å². The van der Waals surface area contributed by atoms with E-state index in [2.05, 4.69) is 44.9 Å². The maximum absolute atomic E-state index is 14.0. The molecule has 1 N–H and O–H groups in total. The standard InChI is InChI=1S/C32H37N5O6S/c1-35-11-12-37(18-20-13-25(20)35)31(38)19-14-26(41-2)29(27(15-19)42-3)44(39,40)34-30-23-17-32(7-8-32)24-6-5-21(36-9-4-10-36)16-22(24)28(23)43-33-30/h5-6,14-16,20,25H,4,7-13,17-18H2,1-3H3,(H,33,34)/t20-,25-/m1/s1. The SMILES string of the molecule is COc1cc(C(=O)N2CCN(C)[C@@H]3C[C@@H]3C2)cc(OC)c1S(=O)(=O)Nc1noc2c1CC1(CC1)c1ccc(N3CCC3)cc1-2. The van der Waals surface area contributed by atoms with Gasteiger partial charge in [-0.05, 0) is 74.9 Å². The number of fused-ring (bicyclic) bond motifs is 5. The van der Waals surface area contributed by atoms with Crippen LogP contribution in [0, 0.1) is 5.92 Å². The van der Waals surface area contributed by atoms with Gasteiger partial charge in [-0.2, -0.15) is 0 Å². The number of amides is 1. The van der Waals surface area contributed by atoms with Gasteiger partial charge in [-0.25, -0.2) is 8.42 Å². The van der Waals surface area contributed by atoms with E-state index in [0.717, 1.165) is 55.7 Å². The number of carbonyl (C=O) groups excluding carboxylic acids is 1. The van der Waals surface area contributed by atoms with Gasteiger partial charge in [0.1, 0.15) is 11.5 Å². The third kappa shape index (κ3) is 4.36. The fraction of sp³-hybridized carbons (Fsp3) is 0.500. The molecule has 1 amide bonds. The van der Waals surface area contributed by atoms with Crippen LogP contribution in [0.25, 0.3) is 11.3 Å². The predicted octanol–water partition coefficient (Wildman–Crippen LogP) is 3.73. The Bertz CT molecular complexity index is 1750. The molecule has 2 saturated carbocycles. The molecule has 11 nitrogen and oxygen atoms in total. The topological polar surface area (TPSA) is 117 Å². The first kappa shape index (κ1) is 27.8. The molecular formula is C32H37N5O6S. The number of ether oxygens (including phenoxy) is 2. The van der Waals surface area contributed by atoms with Crippen molar-refractivity contribution in [3.63, 3.8) is 0 Å². The van der Waals surface area contributed by atoms with Crippen molar-refractivity contribution in [1.82, 2.24) is 15.0 Å². The van der Waals surface area contributed by atoms with E-state index in [4.69, 9.17) is 14.0 Å². The number of rotatable bonds is 7. The van der Waals surface area contributed by atoms with Crippen LogP contribution in [-0.2, 0) is 21.9 Å². The molecule has 12 heteroatoms. The largest absolute Gasteiger partial charge is 0.495 e. The van der Waals surface area contributed by atoms with E-state index < -0.39 is 10.0 Å². The average Bonchev–Trinajstić information content (AvgIpc) is 3.90. The van der Waals surface area contributed by atoms with Crippen molar-refractivity contribution >= 4 is 27.4 Å². The number of nitrogens with zero attached hydrogens (tertiary/aromatic N) is 4. The van der Waals surface area contributed by atoms with Crippen molar-refractivity contribution in [3.8, 4) is 22.8 Å². The molecule has 44 heavy (non-hydrogen) atoms. The second kappa shape index (κ2) is 9.87. The maximum Gasteiger partial charge on any atom is 0.270 e. The van der Waals surface area contributed by atoms with Gasteiger partial charge in [-0.15, -0.1) is 0 Å². The fourth-order valence-corrected chi connectivity index (χ4v) is 8.68. The van der Waals surface area contributed by atoms with Crippen molar-refractivity contribution in [1.29, 1.82) is 0 Å². The number of likely N-dealkylation sites (N-methyl/N-ethyl adjacent to an activating group) is 1. The predicted molar refractivity (Wildman–Crippen MR) is 164 cm³/mol. The van der Waals surface area contributed by atoms with Gasteiger partial charge in [0.25, 0.3) is 15.9 Å². The van der Waals surface area contributed by atoms with Gasteiger partial charge in [0.15, 0.2) is 16.5 Å². The lowest BCUT2D eigenvalue weighted by atomic mass is 9.79. The van der Waals surface area contributed by atoms with Gasteiger partial charge in [-0.1, -0.05) is 11.2 Å².